The molecule has 0 bridgehead atoms. The maximum Gasteiger partial charge on any atom is 0.340 e. The van der Waals surface area contributed by atoms with Crippen LogP contribution in [0.5, 0.6) is 11.5 Å². The Hall–Kier alpha value is -4.27. The van der Waals surface area contributed by atoms with Crippen LogP contribution in [0.25, 0.3) is 21.9 Å². The Morgan fingerprint density at radius 2 is 1.91 bits per heavy atom. The van der Waals surface area contributed by atoms with Crippen molar-refractivity contribution in [1.29, 1.82) is 0 Å². The van der Waals surface area contributed by atoms with E-state index in [9.17, 15) is 29.7 Å². The quantitative estimate of drug-likeness (QED) is 0.283. The van der Waals surface area contributed by atoms with Crippen molar-refractivity contribution in [3.63, 3.8) is 0 Å². The number of aliphatic carboxylic acids is 1. The number of carboxylic acids is 1. The van der Waals surface area contributed by atoms with Gasteiger partial charge in [0.05, 0.1) is 17.4 Å². The Kier molecular flexibility index (Phi) is 5.55. The zero-order valence-corrected chi connectivity index (χ0v) is 17.9. The van der Waals surface area contributed by atoms with E-state index < -0.39 is 30.0 Å². The molecule has 5 N–H and O–H groups in total. The zero-order chi connectivity index (χ0) is 23.9. The summed E-state index contributed by atoms with van der Waals surface area (Å²) in [6.45, 7) is 3.35. The number of H-pyrrole nitrogens is 1. The normalized spacial score (nSPS) is 12.2. The molecule has 33 heavy (non-hydrogen) atoms. The third-order valence-electron chi connectivity index (χ3n) is 5.65. The summed E-state index contributed by atoms with van der Waals surface area (Å²) >= 11 is 0. The van der Waals surface area contributed by atoms with E-state index in [1.54, 1.807) is 32.2 Å². The first kappa shape index (κ1) is 21.9. The lowest BCUT2D eigenvalue weighted by molar-refractivity contribution is -0.141. The smallest absolute Gasteiger partial charge is 0.340 e. The minimum atomic E-state index is -1.26. The summed E-state index contributed by atoms with van der Waals surface area (Å²) in [6.07, 6.45) is 1.19. The van der Waals surface area contributed by atoms with E-state index in [0.717, 1.165) is 5.52 Å². The highest BCUT2D eigenvalue weighted by Gasteiger charge is 2.24. The van der Waals surface area contributed by atoms with Crippen LogP contribution in [-0.4, -0.2) is 38.2 Å². The van der Waals surface area contributed by atoms with Crippen molar-refractivity contribution in [3.8, 4) is 11.5 Å². The van der Waals surface area contributed by atoms with Gasteiger partial charge in [0.1, 0.15) is 23.1 Å². The van der Waals surface area contributed by atoms with Gasteiger partial charge < -0.3 is 30.0 Å². The maximum atomic E-state index is 12.7. The molecule has 0 saturated heterocycles. The first-order chi connectivity index (χ1) is 15.6. The minimum Gasteiger partial charge on any atom is -0.508 e. The molecule has 2 heterocycles. The van der Waals surface area contributed by atoms with Gasteiger partial charge in [0, 0.05) is 23.5 Å². The molecule has 1 atom stereocenters. The van der Waals surface area contributed by atoms with E-state index in [-0.39, 0.29) is 29.1 Å². The van der Waals surface area contributed by atoms with Gasteiger partial charge in [-0.3, -0.25) is 4.79 Å². The van der Waals surface area contributed by atoms with Crippen LogP contribution in [0.3, 0.4) is 0 Å². The van der Waals surface area contributed by atoms with E-state index in [1.807, 2.05) is 0 Å². The minimum absolute atomic E-state index is 0.0318. The molecular formula is C24H22N2O7. The molecule has 0 aliphatic carbocycles. The van der Waals surface area contributed by atoms with Gasteiger partial charge in [-0.2, -0.15) is 0 Å². The second-order valence-electron chi connectivity index (χ2n) is 8.03. The van der Waals surface area contributed by atoms with Crippen LogP contribution in [0.15, 0.2) is 45.7 Å². The van der Waals surface area contributed by atoms with Gasteiger partial charge in [-0.05, 0) is 60.9 Å². The van der Waals surface area contributed by atoms with E-state index in [0.29, 0.717) is 27.5 Å². The predicted molar refractivity (Wildman–Crippen MR) is 121 cm³/mol. The van der Waals surface area contributed by atoms with Gasteiger partial charge >= 0.3 is 11.6 Å². The lowest BCUT2D eigenvalue weighted by Gasteiger charge is -2.15. The average Bonchev–Trinajstić information content (AvgIpc) is 3.11. The maximum absolute atomic E-state index is 12.7. The van der Waals surface area contributed by atoms with Crippen LogP contribution in [-0.2, 0) is 22.4 Å². The first-order valence-corrected chi connectivity index (χ1v) is 10.2. The molecule has 4 aromatic rings. The largest absolute Gasteiger partial charge is 0.508 e. The number of aromatic amines is 1. The van der Waals surface area contributed by atoms with Gasteiger partial charge in [-0.25, -0.2) is 9.59 Å². The molecule has 2 aromatic heterocycles. The Bertz CT molecular complexity index is 1470. The van der Waals surface area contributed by atoms with Gasteiger partial charge in [0.25, 0.3) is 0 Å². The molecule has 9 heteroatoms. The van der Waals surface area contributed by atoms with Gasteiger partial charge in [0.15, 0.2) is 0 Å². The number of benzene rings is 2. The number of hydrogen-bond acceptors (Lipinski definition) is 6. The molecule has 1 amide bonds. The topological polar surface area (TPSA) is 153 Å². The number of phenolic OH excluding ortho intramolecular Hbond substituents is 2. The monoisotopic (exact) mass is 450 g/mol. The van der Waals surface area contributed by atoms with Crippen molar-refractivity contribution in [2.75, 3.05) is 0 Å². The average molecular weight is 450 g/mol. The lowest BCUT2D eigenvalue weighted by atomic mass is 10.0. The van der Waals surface area contributed by atoms with Crippen molar-refractivity contribution in [2.45, 2.75) is 32.7 Å². The summed E-state index contributed by atoms with van der Waals surface area (Å²) in [5.41, 5.74) is 1.97. The number of rotatable bonds is 6. The molecule has 0 aliphatic heterocycles. The van der Waals surface area contributed by atoms with Crippen molar-refractivity contribution >= 4 is 33.7 Å². The fourth-order valence-electron chi connectivity index (χ4n) is 4.02. The number of aromatic hydroxyl groups is 2. The number of fused-ring (bicyclic) bond motifs is 2. The number of carboxylic acid groups (broad SMARTS) is 1. The zero-order valence-electron chi connectivity index (χ0n) is 17.9. The Morgan fingerprint density at radius 1 is 1.15 bits per heavy atom. The highest BCUT2D eigenvalue weighted by Crippen LogP contribution is 2.30. The third-order valence-corrected chi connectivity index (χ3v) is 5.65. The van der Waals surface area contributed by atoms with Crippen molar-refractivity contribution < 1.29 is 29.3 Å². The second-order valence-corrected chi connectivity index (χ2v) is 8.03. The number of carbonyl (C=O) groups is 2. The number of nitrogens with one attached hydrogen (secondary N) is 2. The Balaban J connectivity index is 1.59. The number of phenols is 2. The summed E-state index contributed by atoms with van der Waals surface area (Å²) in [4.78, 5) is 40.0. The molecule has 0 fully saturated rings. The van der Waals surface area contributed by atoms with Gasteiger partial charge in [-0.15, -0.1) is 0 Å². The number of aryl methyl sites for hydroxylation is 2. The summed E-state index contributed by atoms with van der Waals surface area (Å²) in [7, 11) is 0. The highest BCUT2D eigenvalue weighted by molar-refractivity contribution is 5.91. The standard InChI is InChI=1S/C24H22N2O7/c1-11-5-19(28)22-12(2)15(24(32)33-20(22)6-11)9-21(29)26-18(23(30)31)7-13-10-25-17-4-3-14(27)8-16(13)17/h3-6,8,10,18,25,27-28H,7,9H2,1-2H3,(H,26,29)(H,30,31). The van der Waals surface area contributed by atoms with E-state index in [1.165, 1.54) is 18.2 Å². The number of hydrogen-bond donors (Lipinski definition) is 5. The molecule has 0 aliphatic rings. The van der Waals surface area contributed by atoms with Crippen LogP contribution in [0.2, 0.25) is 0 Å². The highest BCUT2D eigenvalue weighted by atomic mass is 16.4. The lowest BCUT2D eigenvalue weighted by Crippen LogP contribution is -2.43. The predicted octanol–water partition coefficient (Wildman–Crippen LogP) is 2.66. The first-order valence-electron chi connectivity index (χ1n) is 10.2. The number of carbonyl (C=O) groups excluding carboxylic acids is 1. The molecule has 1 unspecified atom stereocenters. The van der Waals surface area contributed by atoms with Gasteiger partial charge in [0.2, 0.25) is 5.91 Å². The summed E-state index contributed by atoms with van der Waals surface area (Å²) in [5, 5.41) is 33.1. The third kappa shape index (κ3) is 4.25. The molecule has 4 rings (SSSR count). The molecule has 0 saturated carbocycles. The molecule has 0 spiro atoms. The van der Waals surface area contributed by atoms with Crippen molar-refractivity contribution in [1.82, 2.24) is 10.3 Å². The Morgan fingerprint density at radius 3 is 2.64 bits per heavy atom. The molecule has 0 radical (unpaired) electrons. The van der Waals surface area contributed by atoms with E-state index in [4.69, 9.17) is 4.42 Å². The molecule has 9 nitrogen and oxygen atoms in total. The fourth-order valence-corrected chi connectivity index (χ4v) is 4.02. The van der Waals surface area contributed by atoms with Crippen LogP contribution in [0.1, 0.15) is 22.3 Å². The van der Waals surface area contributed by atoms with Crippen LogP contribution < -0.4 is 10.9 Å². The number of aromatic nitrogens is 1. The van der Waals surface area contributed by atoms with Crippen LogP contribution in [0, 0.1) is 13.8 Å². The fraction of sp³-hybridized carbons (Fsp3) is 0.208. The van der Waals surface area contributed by atoms with E-state index >= 15 is 0 Å². The SMILES string of the molecule is Cc1cc(O)c2c(C)c(CC(=O)NC(Cc3c[nH]c4ccc(O)cc34)C(=O)O)c(=O)oc2c1. The van der Waals surface area contributed by atoms with Crippen LogP contribution >= 0.6 is 0 Å². The van der Waals surface area contributed by atoms with E-state index in [2.05, 4.69) is 10.3 Å². The number of amides is 1. The Labute approximate surface area is 187 Å². The summed E-state index contributed by atoms with van der Waals surface area (Å²) < 4.78 is 5.29. The van der Waals surface area contributed by atoms with Crippen molar-refractivity contribution in [2.24, 2.45) is 0 Å². The summed E-state index contributed by atoms with van der Waals surface area (Å²) in [5.74, 6) is -1.95. The molecule has 2 aromatic carbocycles. The molecule has 170 valence electrons. The molecular weight excluding hydrogens is 428 g/mol. The summed E-state index contributed by atoms with van der Waals surface area (Å²) in [6, 6.07) is 6.57. The van der Waals surface area contributed by atoms with Gasteiger partial charge in [-0.1, -0.05) is 0 Å². The van der Waals surface area contributed by atoms with Crippen molar-refractivity contribution in [3.05, 3.63) is 69.2 Å². The second kappa shape index (κ2) is 8.34. The van der Waals surface area contributed by atoms with Crippen LogP contribution in [0.4, 0.5) is 0 Å².